The number of nitrogen functional groups attached to an aromatic ring is 1. The van der Waals surface area contributed by atoms with Gasteiger partial charge in [0.2, 0.25) is 11.9 Å². The summed E-state index contributed by atoms with van der Waals surface area (Å²) in [4.78, 5) is 22.0. The van der Waals surface area contributed by atoms with Gasteiger partial charge in [-0.15, -0.1) is 11.3 Å². The molecule has 0 saturated heterocycles. The van der Waals surface area contributed by atoms with Crippen LogP contribution in [-0.4, -0.2) is 21.4 Å². The number of primary amides is 1. The number of aryl methyl sites for hydroxylation is 1. The first-order valence-corrected chi connectivity index (χ1v) is 7.04. The van der Waals surface area contributed by atoms with Crippen LogP contribution in [0.2, 0.25) is 0 Å². The van der Waals surface area contributed by atoms with E-state index < -0.39 is 11.4 Å². The van der Waals surface area contributed by atoms with Crippen LogP contribution in [0.5, 0.6) is 0 Å². The van der Waals surface area contributed by atoms with Crippen LogP contribution in [0.4, 0.5) is 11.8 Å². The van der Waals surface area contributed by atoms with E-state index in [2.05, 4.69) is 27.6 Å². The second-order valence-corrected chi connectivity index (χ2v) is 6.05. The van der Waals surface area contributed by atoms with E-state index in [9.17, 15) is 4.79 Å². The van der Waals surface area contributed by atoms with Gasteiger partial charge >= 0.3 is 0 Å². The number of rotatable bonds is 5. The first-order chi connectivity index (χ1) is 9.37. The summed E-state index contributed by atoms with van der Waals surface area (Å²) in [6.45, 7) is 5.47. The van der Waals surface area contributed by atoms with Gasteiger partial charge in [0.05, 0.1) is 5.39 Å². The second kappa shape index (κ2) is 5.22. The highest BCUT2D eigenvalue weighted by Crippen LogP contribution is 2.31. The van der Waals surface area contributed by atoms with Gasteiger partial charge in [-0.05, 0) is 26.3 Å². The molecule has 6 N–H and O–H groups in total. The molecule has 20 heavy (non-hydrogen) atoms. The number of thiophene rings is 1. The number of anilines is 2. The molecule has 8 heteroatoms. The van der Waals surface area contributed by atoms with Crippen molar-refractivity contribution >= 4 is 39.2 Å². The van der Waals surface area contributed by atoms with E-state index in [1.54, 1.807) is 25.2 Å². The zero-order chi connectivity index (χ0) is 14.9. The zero-order valence-electron chi connectivity index (χ0n) is 11.7. The van der Waals surface area contributed by atoms with E-state index in [-0.39, 0.29) is 0 Å². The summed E-state index contributed by atoms with van der Waals surface area (Å²) in [5.74, 6) is 5.76. The van der Waals surface area contributed by atoms with E-state index in [0.717, 1.165) is 16.6 Å². The van der Waals surface area contributed by atoms with Crippen LogP contribution in [-0.2, 0) is 11.2 Å². The number of fused-ring (bicyclic) bond motifs is 1. The fourth-order valence-electron chi connectivity index (χ4n) is 1.66. The summed E-state index contributed by atoms with van der Waals surface area (Å²) in [6, 6.07) is 2.01. The van der Waals surface area contributed by atoms with E-state index in [0.29, 0.717) is 11.8 Å². The number of hydrogen-bond donors (Lipinski definition) is 4. The van der Waals surface area contributed by atoms with Crippen LogP contribution in [0.1, 0.15) is 25.6 Å². The normalized spacial score (nSPS) is 11.6. The summed E-state index contributed by atoms with van der Waals surface area (Å²) < 4.78 is 0. The largest absolute Gasteiger partial charge is 0.368 e. The lowest BCUT2D eigenvalue weighted by Gasteiger charge is -2.23. The number of nitrogens with one attached hydrogen (secondary N) is 2. The highest BCUT2D eigenvalue weighted by molar-refractivity contribution is 7.18. The third kappa shape index (κ3) is 2.66. The van der Waals surface area contributed by atoms with Crippen LogP contribution in [0.3, 0.4) is 0 Å². The predicted octanol–water partition coefficient (Wildman–Crippen LogP) is 1.22. The number of nitrogens with two attached hydrogens (primary N) is 2. The molecule has 0 unspecified atom stereocenters. The third-order valence-electron chi connectivity index (χ3n) is 2.97. The van der Waals surface area contributed by atoms with E-state index in [4.69, 9.17) is 11.6 Å². The number of nitrogens with zero attached hydrogens (tertiary/aromatic N) is 2. The molecule has 108 valence electrons. The smallest absolute Gasteiger partial charge is 0.242 e. The second-order valence-electron chi connectivity index (χ2n) is 4.94. The van der Waals surface area contributed by atoms with E-state index in [1.807, 2.05) is 6.07 Å². The Labute approximate surface area is 120 Å². The Balaban J connectivity index is 2.55. The molecule has 2 rings (SSSR count). The summed E-state index contributed by atoms with van der Waals surface area (Å²) in [5.41, 5.74) is 6.90. The first-order valence-electron chi connectivity index (χ1n) is 6.22. The minimum Gasteiger partial charge on any atom is -0.368 e. The molecular formula is C12H18N6OS. The maximum atomic E-state index is 11.5. The van der Waals surface area contributed by atoms with Gasteiger partial charge < -0.3 is 11.1 Å². The molecule has 0 fully saturated rings. The van der Waals surface area contributed by atoms with E-state index in [1.165, 1.54) is 4.88 Å². The average Bonchev–Trinajstić information content (AvgIpc) is 2.81. The van der Waals surface area contributed by atoms with Gasteiger partial charge in [-0.3, -0.25) is 10.2 Å². The van der Waals surface area contributed by atoms with Crippen LogP contribution in [0.15, 0.2) is 6.07 Å². The van der Waals surface area contributed by atoms with Crippen LogP contribution in [0.25, 0.3) is 10.2 Å². The van der Waals surface area contributed by atoms with Crippen molar-refractivity contribution < 1.29 is 4.79 Å². The molecule has 0 aromatic carbocycles. The average molecular weight is 294 g/mol. The fraction of sp³-hybridized carbons (Fsp3) is 0.417. The molecule has 0 spiro atoms. The van der Waals surface area contributed by atoms with Crippen LogP contribution in [0, 0.1) is 0 Å². The van der Waals surface area contributed by atoms with Gasteiger partial charge in [-0.25, -0.2) is 10.8 Å². The molecule has 0 atom stereocenters. The van der Waals surface area contributed by atoms with Crippen molar-refractivity contribution in [2.45, 2.75) is 32.7 Å². The van der Waals surface area contributed by atoms with Gasteiger partial charge in [0, 0.05) is 4.88 Å². The predicted molar refractivity (Wildman–Crippen MR) is 81.5 cm³/mol. The zero-order valence-corrected chi connectivity index (χ0v) is 12.5. The summed E-state index contributed by atoms with van der Waals surface area (Å²) in [7, 11) is 0. The fourth-order valence-corrected chi connectivity index (χ4v) is 2.63. The lowest BCUT2D eigenvalue weighted by atomic mass is 10.1. The van der Waals surface area contributed by atoms with Gasteiger partial charge in [-0.1, -0.05) is 6.92 Å². The Morgan fingerprint density at radius 2 is 2.15 bits per heavy atom. The Morgan fingerprint density at radius 1 is 1.45 bits per heavy atom. The Kier molecular flexibility index (Phi) is 3.78. The van der Waals surface area contributed by atoms with Crippen molar-refractivity contribution in [2.24, 2.45) is 11.6 Å². The minimum absolute atomic E-state index is 0.296. The van der Waals surface area contributed by atoms with Crippen LogP contribution < -0.4 is 22.3 Å². The lowest BCUT2D eigenvalue weighted by Crippen LogP contribution is -2.45. The Morgan fingerprint density at radius 3 is 2.70 bits per heavy atom. The quantitative estimate of drug-likeness (QED) is 0.486. The molecule has 0 bridgehead atoms. The lowest BCUT2D eigenvalue weighted by molar-refractivity contribution is -0.121. The molecule has 7 nitrogen and oxygen atoms in total. The summed E-state index contributed by atoms with van der Waals surface area (Å²) in [5, 5.41) is 3.92. The van der Waals surface area contributed by atoms with Crippen molar-refractivity contribution in [1.29, 1.82) is 0 Å². The molecular weight excluding hydrogens is 276 g/mol. The van der Waals surface area contributed by atoms with Crippen molar-refractivity contribution in [1.82, 2.24) is 9.97 Å². The highest BCUT2D eigenvalue weighted by atomic mass is 32.1. The number of carbonyl (C=O) groups is 1. The summed E-state index contributed by atoms with van der Waals surface area (Å²) in [6.07, 6.45) is 0.908. The maximum absolute atomic E-state index is 11.5. The third-order valence-corrected chi connectivity index (χ3v) is 4.14. The molecule has 2 aromatic heterocycles. The molecule has 0 radical (unpaired) electrons. The van der Waals surface area contributed by atoms with Gasteiger partial charge in [0.1, 0.15) is 16.2 Å². The SMILES string of the molecule is CCc1cc2c(NC(C)(C)C(N)=O)nc(NN)nc2s1. The van der Waals surface area contributed by atoms with E-state index >= 15 is 0 Å². The van der Waals surface area contributed by atoms with Crippen LogP contribution >= 0.6 is 11.3 Å². The number of carbonyl (C=O) groups excluding carboxylic acids is 1. The topological polar surface area (TPSA) is 119 Å². The molecule has 1 amide bonds. The van der Waals surface area contributed by atoms with Crippen molar-refractivity contribution in [3.05, 3.63) is 10.9 Å². The summed E-state index contributed by atoms with van der Waals surface area (Å²) >= 11 is 1.57. The Bertz CT molecular complexity index is 651. The van der Waals surface area contributed by atoms with Crippen molar-refractivity contribution in [3.63, 3.8) is 0 Å². The number of hydrazine groups is 1. The minimum atomic E-state index is -0.915. The number of amides is 1. The Hall–Kier alpha value is -1.93. The first kappa shape index (κ1) is 14.5. The monoisotopic (exact) mass is 294 g/mol. The van der Waals surface area contributed by atoms with Gasteiger partial charge in [0.15, 0.2) is 0 Å². The number of aromatic nitrogens is 2. The van der Waals surface area contributed by atoms with Gasteiger partial charge in [0.25, 0.3) is 0 Å². The van der Waals surface area contributed by atoms with Crippen molar-refractivity contribution in [2.75, 3.05) is 10.7 Å². The maximum Gasteiger partial charge on any atom is 0.242 e. The highest BCUT2D eigenvalue weighted by Gasteiger charge is 2.26. The molecule has 0 aliphatic rings. The molecule has 0 aliphatic carbocycles. The van der Waals surface area contributed by atoms with Crippen molar-refractivity contribution in [3.8, 4) is 0 Å². The molecule has 2 heterocycles. The molecule has 2 aromatic rings. The molecule has 0 aliphatic heterocycles. The number of hydrogen-bond acceptors (Lipinski definition) is 7. The molecule has 0 saturated carbocycles. The van der Waals surface area contributed by atoms with Gasteiger partial charge in [-0.2, -0.15) is 4.98 Å². The standard InChI is InChI=1S/C12H18N6OS/c1-4-6-5-7-8(17-12(2,3)10(13)19)15-11(18-14)16-9(7)20-6/h5H,4,14H2,1-3H3,(H2,13,19)(H2,15,16,17,18).